The number of fused-ring (bicyclic) bond motifs is 1. The monoisotopic (exact) mass is 493 g/mol. The van der Waals surface area contributed by atoms with Gasteiger partial charge in [0.15, 0.2) is 0 Å². The van der Waals surface area contributed by atoms with Crippen LogP contribution in [0.4, 0.5) is 5.69 Å². The molecule has 1 heterocycles. The summed E-state index contributed by atoms with van der Waals surface area (Å²) in [6, 6.07) is 21.0. The molecule has 5 nitrogen and oxygen atoms in total. The third-order valence-corrected chi connectivity index (χ3v) is 7.16. The number of rotatable bonds is 4. The van der Waals surface area contributed by atoms with Crippen LogP contribution in [0, 0.1) is 11.8 Å². The fraction of sp³-hybridized carbons (Fsp3) is 0.222. The van der Waals surface area contributed by atoms with Crippen molar-refractivity contribution >= 4 is 46.7 Å². The fourth-order valence-corrected chi connectivity index (χ4v) is 5.40. The zero-order valence-corrected chi connectivity index (χ0v) is 19.6. The molecule has 3 unspecified atom stereocenters. The SMILES string of the molecule is O=C(Oc1ccc(Cl)cc1Cl)c1cccc(N2C(=O)C3CCC(c4ccccc4)CC3C2=O)c1. The Morgan fingerprint density at radius 3 is 2.38 bits per heavy atom. The van der Waals surface area contributed by atoms with Crippen LogP contribution in [0.3, 0.4) is 0 Å². The minimum atomic E-state index is -0.647. The lowest BCUT2D eigenvalue weighted by Gasteiger charge is -2.28. The van der Waals surface area contributed by atoms with Gasteiger partial charge in [-0.2, -0.15) is 0 Å². The van der Waals surface area contributed by atoms with Crippen molar-refractivity contribution in [3.63, 3.8) is 0 Å². The van der Waals surface area contributed by atoms with Crippen LogP contribution in [0.25, 0.3) is 0 Å². The van der Waals surface area contributed by atoms with Gasteiger partial charge in [-0.1, -0.05) is 59.6 Å². The van der Waals surface area contributed by atoms with Gasteiger partial charge in [0.25, 0.3) is 0 Å². The van der Waals surface area contributed by atoms with Gasteiger partial charge in [-0.05, 0) is 67.1 Å². The Kier molecular flexibility index (Phi) is 6.15. The van der Waals surface area contributed by atoms with E-state index in [1.807, 2.05) is 18.2 Å². The van der Waals surface area contributed by atoms with Gasteiger partial charge in [0.05, 0.1) is 28.1 Å². The molecule has 7 heteroatoms. The van der Waals surface area contributed by atoms with Crippen molar-refractivity contribution in [2.24, 2.45) is 11.8 Å². The predicted octanol–water partition coefficient (Wildman–Crippen LogP) is 6.29. The van der Waals surface area contributed by atoms with E-state index in [0.29, 0.717) is 23.6 Å². The molecule has 34 heavy (non-hydrogen) atoms. The average molecular weight is 494 g/mol. The number of amides is 2. The molecule has 0 aromatic heterocycles. The number of ether oxygens (including phenoxy) is 1. The zero-order valence-electron chi connectivity index (χ0n) is 18.1. The number of esters is 1. The number of hydrogen-bond donors (Lipinski definition) is 0. The van der Waals surface area contributed by atoms with Crippen molar-refractivity contribution in [3.05, 3.63) is 94.0 Å². The highest BCUT2D eigenvalue weighted by Gasteiger charge is 2.50. The highest BCUT2D eigenvalue weighted by atomic mass is 35.5. The molecule has 1 saturated heterocycles. The van der Waals surface area contributed by atoms with E-state index < -0.39 is 5.97 Å². The summed E-state index contributed by atoms with van der Waals surface area (Å²) in [5, 5.41) is 0.632. The average Bonchev–Trinajstić information content (AvgIpc) is 3.10. The van der Waals surface area contributed by atoms with Gasteiger partial charge in [-0.3, -0.25) is 14.5 Å². The summed E-state index contributed by atoms with van der Waals surface area (Å²) in [6.07, 6.45) is 2.18. The van der Waals surface area contributed by atoms with Gasteiger partial charge in [0, 0.05) is 5.02 Å². The maximum absolute atomic E-state index is 13.3. The quantitative estimate of drug-likeness (QED) is 0.243. The number of halogens is 2. The molecular weight excluding hydrogens is 473 g/mol. The molecule has 172 valence electrons. The number of anilines is 1. The summed E-state index contributed by atoms with van der Waals surface area (Å²) < 4.78 is 5.40. The first kappa shape index (κ1) is 22.6. The van der Waals surface area contributed by atoms with Crippen molar-refractivity contribution in [1.29, 1.82) is 0 Å². The number of carbonyl (C=O) groups is 3. The Morgan fingerprint density at radius 1 is 0.853 bits per heavy atom. The Morgan fingerprint density at radius 2 is 1.62 bits per heavy atom. The van der Waals surface area contributed by atoms with Crippen LogP contribution in [-0.4, -0.2) is 17.8 Å². The van der Waals surface area contributed by atoms with Crippen molar-refractivity contribution in [1.82, 2.24) is 0 Å². The lowest BCUT2D eigenvalue weighted by molar-refractivity contribution is -0.122. The third kappa shape index (κ3) is 4.22. The fourth-order valence-electron chi connectivity index (χ4n) is 4.95. The molecule has 2 amide bonds. The molecule has 1 aliphatic carbocycles. The van der Waals surface area contributed by atoms with Crippen LogP contribution in [0.15, 0.2) is 72.8 Å². The number of hydrogen-bond acceptors (Lipinski definition) is 4. The van der Waals surface area contributed by atoms with Crippen LogP contribution < -0.4 is 9.64 Å². The first-order valence-electron chi connectivity index (χ1n) is 11.1. The second-order valence-corrected chi connectivity index (χ2v) is 9.50. The van der Waals surface area contributed by atoms with Crippen LogP contribution >= 0.6 is 23.2 Å². The summed E-state index contributed by atoms with van der Waals surface area (Å²) in [5.41, 5.74) is 1.78. The molecule has 3 atom stereocenters. The van der Waals surface area contributed by atoms with Crippen LogP contribution in [0.1, 0.15) is 41.1 Å². The number of imide groups is 1. The van der Waals surface area contributed by atoms with Crippen molar-refractivity contribution in [2.75, 3.05) is 4.90 Å². The van der Waals surface area contributed by atoms with E-state index in [0.717, 1.165) is 6.42 Å². The van der Waals surface area contributed by atoms with E-state index in [2.05, 4.69) is 12.1 Å². The highest BCUT2D eigenvalue weighted by Crippen LogP contribution is 2.45. The Balaban J connectivity index is 1.36. The van der Waals surface area contributed by atoms with Gasteiger partial charge in [0.2, 0.25) is 11.8 Å². The normalized spacial score (nSPS) is 21.9. The molecule has 0 N–H and O–H groups in total. The Hall–Kier alpha value is -3.15. The van der Waals surface area contributed by atoms with E-state index in [4.69, 9.17) is 27.9 Å². The van der Waals surface area contributed by atoms with Gasteiger partial charge < -0.3 is 4.74 Å². The highest BCUT2D eigenvalue weighted by molar-refractivity contribution is 6.35. The second kappa shape index (κ2) is 9.24. The number of nitrogens with zero attached hydrogens (tertiary/aromatic N) is 1. The van der Waals surface area contributed by atoms with Crippen LogP contribution in [0.5, 0.6) is 5.75 Å². The van der Waals surface area contributed by atoms with Crippen molar-refractivity contribution < 1.29 is 19.1 Å². The molecule has 3 aromatic carbocycles. The molecule has 1 saturated carbocycles. The Bertz CT molecular complexity index is 1280. The third-order valence-electron chi connectivity index (χ3n) is 6.63. The first-order chi connectivity index (χ1) is 16.4. The molecular formula is C27H21Cl2NO4. The molecule has 0 radical (unpaired) electrons. The smallest absolute Gasteiger partial charge is 0.343 e. The van der Waals surface area contributed by atoms with Gasteiger partial charge in [-0.15, -0.1) is 0 Å². The molecule has 2 fully saturated rings. The van der Waals surface area contributed by atoms with Crippen molar-refractivity contribution in [2.45, 2.75) is 25.2 Å². The van der Waals surface area contributed by atoms with Crippen LogP contribution in [0.2, 0.25) is 10.0 Å². The second-order valence-electron chi connectivity index (χ2n) is 8.66. The molecule has 0 bridgehead atoms. The first-order valence-corrected chi connectivity index (χ1v) is 11.9. The van der Waals surface area contributed by atoms with Crippen LogP contribution in [-0.2, 0) is 9.59 Å². The van der Waals surface area contributed by atoms with Crippen molar-refractivity contribution in [3.8, 4) is 5.75 Å². The van der Waals surface area contributed by atoms with E-state index in [9.17, 15) is 14.4 Å². The predicted molar refractivity (Wildman–Crippen MR) is 130 cm³/mol. The lowest BCUT2D eigenvalue weighted by atomic mass is 9.73. The molecule has 1 aliphatic heterocycles. The van der Waals surface area contributed by atoms with E-state index in [1.165, 1.54) is 28.7 Å². The molecule has 5 rings (SSSR count). The van der Waals surface area contributed by atoms with Gasteiger partial charge in [-0.25, -0.2) is 4.79 Å². The summed E-state index contributed by atoms with van der Waals surface area (Å²) in [7, 11) is 0. The summed E-state index contributed by atoms with van der Waals surface area (Å²) >= 11 is 12.0. The molecule has 3 aromatic rings. The zero-order chi connectivity index (χ0) is 23.8. The Labute approximate surface area is 207 Å². The largest absolute Gasteiger partial charge is 0.421 e. The summed E-state index contributed by atoms with van der Waals surface area (Å²) in [5.74, 6) is -1.30. The number of carbonyl (C=O) groups excluding carboxylic acids is 3. The standard InChI is InChI=1S/C27H21Cl2NO4/c28-19-10-12-24(23(29)15-19)34-27(33)18-7-4-8-20(13-18)30-25(31)21-11-9-17(14-22(21)26(30)32)16-5-2-1-3-6-16/h1-8,10,12-13,15,17,21-22H,9,11,14H2. The van der Waals surface area contributed by atoms with Gasteiger partial charge in [0.1, 0.15) is 5.75 Å². The summed E-state index contributed by atoms with van der Waals surface area (Å²) in [6.45, 7) is 0. The van der Waals surface area contributed by atoms with E-state index >= 15 is 0 Å². The molecule has 0 spiro atoms. The maximum atomic E-state index is 13.3. The topological polar surface area (TPSA) is 63.7 Å². The van der Waals surface area contributed by atoms with E-state index in [-0.39, 0.29) is 45.9 Å². The minimum Gasteiger partial charge on any atom is -0.421 e. The van der Waals surface area contributed by atoms with Gasteiger partial charge >= 0.3 is 5.97 Å². The molecule has 2 aliphatic rings. The minimum absolute atomic E-state index is 0.174. The lowest BCUT2D eigenvalue weighted by Crippen LogP contribution is -2.31. The van der Waals surface area contributed by atoms with E-state index in [1.54, 1.807) is 24.3 Å². The maximum Gasteiger partial charge on any atom is 0.343 e. The summed E-state index contributed by atoms with van der Waals surface area (Å²) in [4.78, 5) is 40.5. The number of benzene rings is 3.